The fourth-order valence-corrected chi connectivity index (χ4v) is 3.46. The Labute approximate surface area is 145 Å². The highest BCUT2D eigenvalue weighted by atomic mass is 16.2. The Morgan fingerprint density at radius 3 is 2.96 bits per heavy atom. The number of aryl methyl sites for hydroxylation is 1. The van der Waals surface area contributed by atoms with Gasteiger partial charge in [-0.25, -0.2) is 0 Å². The number of aromatic nitrogens is 5. The smallest absolute Gasteiger partial charge is 0.224 e. The largest absolute Gasteiger partial charge is 0.334 e. The molecule has 1 atom stereocenters. The van der Waals surface area contributed by atoms with Crippen molar-refractivity contribution in [3.63, 3.8) is 0 Å². The maximum Gasteiger partial charge on any atom is 0.224 e. The summed E-state index contributed by atoms with van der Waals surface area (Å²) in [6.07, 6.45) is 11.4. The average molecular weight is 336 g/mol. The molecule has 1 saturated heterocycles. The first-order chi connectivity index (χ1) is 12.3. The summed E-state index contributed by atoms with van der Waals surface area (Å²) in [6.45, 7) is 1.40. The first-order valence-electron chi connectivity index (χ1n) is 8.53. The Bertz CT molecular complexity index is 826. The number of carbonyl (C=O) groups excluding carboxylic acids is 1. The number of hydrogen-bond donors (Lipinski definition) is 1. The lowest BCUT2D eigenvalue weighted by Gasteiger charge is -2.25. The first kappa shape index (κ1) is 15.6. The molecule has 0 bridgehead atoms. The van der Waals surface area contributed by atoms with Crippen molar-refractivity contribution in [2.45, 2.75) is 31.8 Å². The zero-order valence-corrected chi connectivity index (χ0v) is 13.9. The van der Waals surface area contributed by atoms with Gasteiger partial charge in [0.25, 0.3) is 0 Å². The summed E-state index contributed by atoms with van der Waals surface area (Å²) >= 11 is 0. The van der Waals surface area contributed by atoms with E-state index in [9.17, 15) is 4.79 Å². The fraction of sp³-hybridized carbons (Fsp3) is 0.333. The van der Waals surface area contributed by atoms with Crippen molar-refractivity contribution in [2.24, 2.45) is 0 Å². The molecule has 1 aliphatic heterocycles. The summed E-state index contributed by atoms with van der Waals surface area (Å²) in [4.78, 5) is 18.8. The van der Waals surface area contributed by atoms with Gasteiger partial charge in [-0.3, -0.25) is 19.6 Å². The standard InChI is InChI=1S/C18H20N6O/c25-17(6-12-23-10-2-7-21-23)24-11-1-3-16(24)18-15(13-20-22-18)14-4-8-19-9-5-14/h2,4-5,7-10,13,16H,1,3,6,11-12H2,(H,20,22)/t16-/m0/s1. The van der Waals surface area contributed by atoms with E-state index in [0.717, 1.165) is 36.2 Å². The minimum atomic E-state index is 0.0517. The van der Waals surface area contributed by atoms with Gasteiger partial charge in [0.2, 0.25) is 5.91 Å². The summed E-state index contributed by atoms with van der Waals surface area (Å²) in [7, 11) is 0. The fourth-order valence-electron chi connectivity index (χ4n) is 3.46. The molecular formula is C18H20N6O. The van der Waals surface area contributed by atoms with Crippen molar-refractivity contribution in [1.29, 1.82) is 0 Å². The van der Waals surface area contributed by atoms with Gasteiger partial charge in [-0.05, 0) is 36.6 Å². The second-order valence-corrected chi connectivity index (χ2v) is 6.20. The van der Waals surface area contributed by atoms with Crippen LogP contribution in [0, 0.1) is 0 Å². The van der Waals surface area contributed by atoms with Crippen LogP contribution in [0.5, 0.6) is 0 Å². The molecule has 4 heterocycles. The zero-order valence-electron chi connectivity index (χ0n) is 13.9. The molecule has 0 spiro atoms. The highest BCUT2D eigenvalue weighted by Gasteiger charge is 2.32. The molecule has 3 aromatic rings. The molecule has 1 amide bonds. The predicted octanol–water partition coefficient (Wildman–Crippen LogP) is 2.42. The molecule has 128 valence electrons. The summed E-state index contributed by atoms with van der Waals surface area (Å²) in [5.74, 6) is 0.160. The molecule has 0 aromatic carbocycles. The van der Waals surface area contributed by atoms with Gasteiger partial charge in [0.1, 0.15) is 0 Å². The van der Waals surface area contributed by atoms with Gasteiger partial charge in [0, 0.05) is 49.9 Å². The van der Waals surface area contributed by atoms with Crippen LogP contribution in [-0.4, -0.2) is 42.3 Å². The van der Waals surface area contributed by atoms with Gasteiger partial charge >= 0.3 is 0 Å². The van der Waals surface area contributed by atoms with E-state index in [1.54, 1.807) is 23.3 Å². The Kier molecular flexibility index (Phi) is 4.28. The lowest BCUT2D eigenvalue weighted by molar-refractivity contribution is -0.132. The zero-order chi connectivity index (χ0) is 17.1. The first-order valence-corrected chi connectivity index (χ1v) is 8.53. The Morgan fingerprint density at radius 2 is 2.16 bits per heavy atom. The van der Waals surface area contributed by atoms with Crippen LogP contribution in [0.3, 0.4) is 0 Å². The van der Waals surface area contributed by atoms with Crippen LogP contribution in [0.1, 0.15) is 31.0 Å². The minimum Gasteiger partial charge on any atom is -0.334 e. The van der Waals surface area contributed by atoms with E-state index < -0.39 is 0 Å². The highest BCUT2D eigenvalue weighted by Crippen LogP contribution is 2.36. The molecule has 7 heteroatoms. The van der Waals surface area contributed by atoms with E-state index in [0.29, 0.717) is 13.0 Å². The Morgan fingerprint density at radius 1 is 1.28 bits per heavy atom. The van der Waals surface area contributed by atoms with Gasteiger partial charge < -0.3 is 4.90 Å². The van der Waals surface area contributed by atoms with Gasteiger partial charge in [0.05, 0.1) is 17.9 Å². The Balaban J connectivity index is 1.52. The number of likely N-dealkylation sites (tertiary alicyclic amines) is 1. The number of rotatable bonds is 5. The van der Waals surface area contributed by atoms with Crippen molar-refractivity contribution in [3.8, 4) is 11.1 Å². The number of pyridine rings is 1. The quantitative estimate of drug-likeness (QED) is 0.776. The maximum absolute atomic E-state index is 12.7. The van der Waals surface area contributed by atoms with Crippen LogP contribution in [0.4, 0.5) is 0 Å². The van der Waals surface area contributed by atoms with Crippen LogP contribution in [0.15, 0.2) is 49.2 Å². The molecule has 0 saturated carbocycles. The second-order valence-electron chi connectivity index (χ2n) is 6.20. The highest BCUT2D eigenvalue weighted by molar-refractivity contribution is 5.77. The molecule has 1 aliphatic rings. The number of aromatic amines is 1. The molecule has 3 aromatic heterocycles. The predicted molar refractivity (Wildman–Crippen MR) is 92.4 cm³/mol. The third-order valence-corrected chi connectivity index (χ3v) is 4.68. The summed E-state index contributed by atoms with van der Waals surface area (Å²) in [6, 6.07) is 5.85. The van der Waals surface area contributed by atoms with Crippen LogP contribution in [-0.2, 0) is 11.3 Å². The van der Waals surface area contributed by atoms with Gasteiger partial charge in [-0.2, -0.15) is 10.2 Å². The number of carbonyl (C=O) groups is 1. The normalized spacial score (nSPS) is 17.1. The Hall–Kier alpha value is -2.96. The van der Waals surface area contributed by atoms with Crippen molar-refractivity contribution in [1.82, 2.24) is 29.9 Å². The van der Waals surface area contributed by atoms with Gasteiger partial charge in [-0.15, -0.1) is 0 Å². The third kappa shape index (κ3) is 3.17. The van der Waals surface area contributed by atoms with Crippen molar-refractivity contribution >= 4 is 5.91 Å². The number of H-pyrrole nitrogens is 1. The van der Waals surface area contributed by atoms with E-state index in [1.807, 2.05) is 35.5 Å². The third-order valence-electron chi connectivity index (χ3n) is 4.68. The molecule has 25 heavy (non-hydrogen) atoms. The van der Waals surface area contributed by atoms with Crippen LogP contribution in [0.25, 0.3) is 11.1 Å². The van der Waals surface area contributed by atoms with Crippen molar-refractivity contribution in [2.75, 3.05) is 6.54 Å². The maximum atomic E-state index is 12.7. The monoisotopic (exact) mass is 336 g/mol. The molecule has 0 unspecified atom stereocenters. The molecule has 1 N–H and O–H groups in total. The van der Waals surface area contributed by atoms with Crippen molar-refractivity contribution < 1.29 is 4.79 Å². The van der Waals surface area contributed by atoms with E-state index >= 15 is 0 Å². The topological polar surface area (TPSA) is 79.7 Å². The van der Waals surface area contributed by atoms with E-state index in [1.165, 1.54) is 0 Å². The van der Waals surface area contributed by atoms with Crippen LogP contribution >= 0.6 is 0 Å². The molecule has 0 aliphatic carbocycles. The summed E-state index contributed by atoms with van der Waals surface area (Å²) in [5.41, 5.74) is 3.12. The average Bonchev–Trinajstić information content (AvgIpc) is 3.41. The molecule has 7 nitrogen and oxygen atoms in total. The van der Waals surface area contributed by atoms with Gasteiger partial charge in [-0.1, -0.05) is 0 Å². The molecule has 4 rings (SSSR count). The SMILES string of the molecule is O=C(CCn1cccn1)N1CCC[C@H]1c1[nH]ncc1-c1ccncc1. The minimum absolute atomic E-state index is 0.0517. The molecule has 0 radical (unpaired) electrons. The number of amides is 1. The van der Waals surface area contributed by atoms with E-state index in [-0.39, 0.29) is 11.9 Å². The number of nitrogens with zero attached hydrogens (tertiary/aromatic N) is 5. The van der Waals surface area contributed by atoms with Crippen LogP contribution < -0.4 is 0 Å². The van der Waals surface area contributed by atoms with Gasteiger partial charge in [0.15, 0.2) is 0 Å². The number of nitrogens with one attached hydrogen (secondary N) is 1. The summed E-state index contributed by atoms with van der Waals surface area (Å²) in [5, 5.41) is 11.5. The second kappa shape index (κ2) is 6.88. The molecular weight excluding hydrogens is 316 g/mol. The number of hydrogen-bond acceptors (Lipinski definition) is 4. The van der Waals surface area contributed by atoms with E-state index in [4.69, 9.17) is 0 Å². The summed E-state index contributed by atoms with van der Waals surface area (Å²) < 4.78 is 1.79. The van der Waals surface area contributed by atoms with Crippen molar-refractivity contribution in [3.05, 3.63) is 54.9 Å². The lowest BCUT2D eigenvalue weighted by Crippen LogP contribution is -2.31. The lowest BCUT2D eigenvalue weighted by atomic mass is 10.0. The van der Waals surface area contributed by atoms with Crippen LogP contribution in [0.2, 0.25) is 0 Å². The van der Waals surface area contributed by atoms with E-state index in [2.05, 4.69) is 20.3 Å². The molecule has 1 fully saturated rings.